The lowest BCUT2D eigenvalue weighted by atomic mass is 10.4. The lowest BCUT2D eigenvalue weighted by Gasteiger charge is -2.10. The summed E-state index contributed by atoms with van der Waals surface area (Å²) in [5, 5.41) is 0. The van der Waals surface area contributed by atoms with Crippen molar-refractivity contribution < 1.29 is 13.2 Å². The van der Waals surface area contributed by atoms with Gasteiger partial charge in [-0.1, -0.05) is 6.92 Å². The van der Waals surface area contributed by atoms with Gasteiger partial charge in [0.2, 0.25) is 0 Å². The van der Waals surface area contributed by atoms with Crippen LogP contribution in [0.1, 0.15) is 13.3 Å². The molecule has 0 spiro atoms. The first-order valence-corrected chi connectivity index (χ1v) is 4.72. The van der Waals surface area contributed by atoms with Crippen LogP contribution in [0.15, 0.2) is 22.0 Å². The van der Waals surface area contributed by atoms with Crippen molar-refractivity contribution in [3.63, 3.8) is 0 Å². The molecule has 0 aromatic carbocycles. The first-order valence-electron chi connectivity index (χ1n) is 4.72. The number of nitrogens with zero attached hydrogens (tertiary/aromatic N) is 2. The van der Waals surface area contributed by atoms with E-state index in [2.05, 4.69) is 0 Å². The summed E-state index contributed by atoms with van der Waals surface area (Å²) in [6.45, 7) is 0.683. The Kier molecular flexibility index (Phi) is 3.56. The van der Waals surface area contributed by atoms with Crippen molar-refractivity contribution in [3.8, 4) is 0 Å². The van der Waals surface area contributed by atoms with Gasteiger partial charge in [-0.3, -0.25) is 9.59 Å². The van der Waals surface area contributed by atoms with E-state index in [-0.39, 0.29) is 0 Å². The minimum atomic E-state index is -4.51. The van der Waals surface area contributed by atoms with E-state index >= 15 is 0 Å². The summed E-state index contributed by atoms with van der Waals surface area (Å²) >= 11 is 0. The molecule has 0 aliphatic carbocycles. The maximum Gasteiger partial charge on any atom is 0.406 e. The standard InChI is InChI=1S/C9H11F3N2O2/c1-2-3-13-4-5-14(6-9(10,11)12)8(16)7(13)15/h4-5H,2-3,6H2,1H3. The average molecular weight is 236 g/mol. The number of aromatic nitrogens is 2. The van der Waals surface area contributed by atoms with Gasteiger partial charge in [-0.15, -0.1) is 0 Å². The molecule has 0 saturated carbocycles. The highest BCUT2D eigenvalue weighted by Crippen LogP contribution is 2.15. The van der Waals surface area contributed by atoms with Crippen LogP contribution in [0.2, 0.25) is 0 Å². The smallest absolute Gasteiger partial charge is 0.309 e. The molecular formula is C9H11F3N2O2. The predicted octanol–water partition coefficient (Wildman–Crippen LogP) is 0.982. The van der Waals surface area contributed by atoms with E-state index < -0.39 is 23.8 Å². The van der Waals surface area contributed by atoms with E-state index in [9.17, 15) is 22.8 Å². The Bertz CT molecular complexity index is 473. The Balaban J connectivity index is 3.13. The third-order valence-corrected chi connectivity index (χ3v) is 1.95. The molecule has 0 fully saturated rings. The fourth-order valence-electron chi connectivity index (χ4n) is 1.28. The molecule has 7 heteroatoms. The van der Waals surface area contributed by atoms with Gasteiger partial charge >= 0.3 is 17.3 Å². The van der Waals surface area contributed by atoms with Crippen molar-refractivity contribution in [1.82, 2.24) is 9.13 Å². The summed E-state index contributed by atoms with van der Waals surface area (Å²) in [7, 11) is 0. The second-order valence-corrected chi connectivity index (χ2v) is 3.34. The highest BCUT2D eigenvalue weighted by Gasteiger charge is 2.28. The normalized spacial score (nSPS) is 11.8. The van der Waals surface area contributed by atoms with Crippen molar-refractivity contribution in [2.45, 2.75) is 32.6 Å². The van der Waals surface area contributed by atoms with Crippen LogP contribution >= 0.6 is 0 Å². The number of hydrogen-bond acceptors (Lipinski definition) is 2. The van der Waals surface area contributed by atoms with E-state index in [1.54, 1.807) is 6.92 Å². The highest BCUT2D eigenvalue weighted by atomic mass is 19.4. The molecule has 1 aromatic rings. The third-order valence-electron chi connectivity index (χ3n) is 1.95. The molecular weight excluding hydrogens is 225 g/mol. The van der Waals surface area contributed by atoms with Gasteiger partial charge in [0.1, 0.15) is 6.54 Å². The summed E-state index contributed by atoms with van der Waals surface area (Å²) in [6, 6.07) is 0. The fraction of sp³-hybridized carbons (Fsp3) is 0.556. The minimum absolute atomic E-state index is 0.320. The van der Waals surface area contributed by atoms with Crippen molar-refractivity contribution >= 4 is 0 Å². The van der Waals surface area contributed by atoms with Crippen LogP contribution in [0.25, 0.3) is 0 Å². The van der Waals surface area contributed by atoms with Crippen LogP contribution in [-0.4, -0.2) is 15.3 Å². The average Bonchev–Trinajstić information content (AvgIpc) is 2.16. The molecule has 1 heterocycles. The maximum absolute atomic E-state index is 12.0. The Morgan fingerprint density at radius 2 is 1.62 bits per heavy atom. The molecule has 1 aromatic heterocycles. The molecule has 0 radical (unpaired) electrons. The van der Waals surface area contributed by atoms with Crippen molar-refractivity contribution in [2.24, 2.45) is 0 Å². The molecule has 0 N–H and O–H groups in total. The zero-order chi connectivity index (χ0) is 12.3. The van der Waals surface area contributed by atoms with Gasteiger partial charge in [0.15, 0.2) is 0 Å². The third kappa shape index (κ3) is 2.98. The minimum Gasteiger partial charge on any atom is -0.309 e. The largest absolute Gasteiger partial charge is 0.406 e. The second kappa shape index (κ2) is 4.54. The van der Waals surface area contributed by atoms with Crippen molar-refractivity contribution in [2.75, 3.05) is 0 Å². The van der Waals surface area contributed by atoms with E-state index in [1.807, 2.05) is 0 Å². The van der Waals surface area contributed by atoms with E-state index in [0.717, 1.165) is 10.8 Å². The molecule has 0 atom stereocenters. The quantitative estimate of drug-likeness (QED) is 0.734. The number of alkyl halides is 3. The van der Waals surface area contributed by atoms with Gasteiger partial charge in [-0.05, 0) is 6.42 Å². The van der Waals surface area contributed by atoms with Crippen LogP contribution in [0.4, 0.5) is 13.2 Å². The second-order valence-electron chi connectivity index (χ2n) is 3.34. The van der Waals surface area contributed by atoms with E-state index in [0.29, 0.717) is 17.5 Å². The Hall–Kier alpha value is -1.53. The highest BCUT2D eigenvalue weighted by molar-refractivity contribution is 4.86. The summed E-state index contributed by atoms with van der Waals surface area (Å²) < 4.78 is 37.6. The van der Waals surface area contributed by atoms with Crippen LogP contribution in [0.5, 0.6) is 0 Å². The van der Waals surface area contributed by atoms with Gasteiger partial charge in [0.05, 0.1) is 0 Å². The van der Waals surface area contributed by atoms with Gasteiger partial charge in [-0.2, -0.15) is 13.2 Å². The first-order chi connectivity index (χ1) is 7.35. The molecule has 0 unspecified atom stereocenters. The maximum atomic E-state index is 12.0. The summed E-state index contributed by atoms with van der Waals surface area (Å²) in [4.78, 5) is 22.6. The number of halogens is 3. The molecule has 0 bridgehead atoms. The molecule has 90 valence electrons. The SMILES string of the molecule is CCCn1ccn(CC(F)(F)F)c(=O)c1=O. The number of rotatable bonds is 3. The predicted molar refractivity (Wildman–Crippen MR) is 51.3 cm³/mol. The van der Waals surface area contributed by atoms with Gasteiger partial charge in [0.25, 0.3) is 0 Å². The molecule has 0 aliphatic rings. The van der Waals surface area contributed by atoms with Crippen molar-refractivity contribution in [3.05, 3.63) is 33.1 Å². The molecule has 0 amide bonds. The molecule has 0 saturated heterocycles. The molecule has 0 aliphatic heterocycles. The summed E-state index contributed by atoms with van der Waals surface area (Å²) in [6.07, 6.45) is -1.71. The Morgan fingerprint density at radius 3 is 2.12 bits per heavy atom. The van der Waals surface area contributed by atoms with Crippen LogP contribution < -0.4 is 11.1 Å². The fourth-order valence-corrected chi connectivity index (χ4v) is 1.28. The lowest BCUT2D eigenvalue weighted by Crippen LogP contribution is -2.42. The molecule has 1 rings (SSSR count). The van der Waals surface area contributed by atoms with Crippen LogP contribution in [0.3, 0.4) is 0 Å². The first kappa shape index (κ1) is 12.5. The number of hydrogen-bond donors (Lipinski definition) is 0. The van der Waals surface area contributed by atoms with Gasteiger partial charge in [-0.25, -0.2) is 0 Å². The summed E-state index contributed by atoms with van der Waals surface area (Å²) in [5.74, 6) is 0. The topological polar surface area (TPSA) is 44.0 Å². The van der Waals surface area contributed by atoms with E-state index in [4.69, 9.17) is 0 Å². The molecule has 4 nitrogen and oxygen atoms in total. The van der Waals surface area contributed by atoms with E-state index in [1.165, 1.54) is 6.20 Å². The Labute approximate surface area is 88.9 Å². The monoisotopic (exact) mass is 236 g/mol. The van der Waals surface area contributed by atoms with Gasteiger partial charge < -0.3 is 9.13 Å². The van der Waals surface area contributed by atoms with Crippen molar-refractivity contribution in [1.29, 1.82) is 0 Å². The molecule has 16 heavy (non-hydrogen) atoms. The van der Waals surface area contributed by atoms with Gasteiger partial charge in [0, 0.05) is 18.9 Å². The Morgan fingerprint density at radius 1 is 1.12 bits per heavy atom. The zero-order valence-corrected chi connectivity index (χ0v) is 8.62. The zero-order valence-electron chi connectivity index (χ0n) is 8.62. The lowest BCUT2D eigenvalue weighted by molar-refractivity contribution is -0.141. The van der Waals surface area contributed by atoms with Crippen LogP contribution in [-0.2, 0) is 13.1 Å². The summed E-state index contributed by atoms with van der Waals surface area (Å²) in [5.41, 5.74) is -2.07. The van der Waals surface area contributed by atoms with Crippen LogP contribution in [0, 0.1) is 0 Å². The number of aryl methyl sites for hydroxylation is 1.